The van der Waals surface area contributed by atoms with Gasteiger partial charge in [-0.25, -0.2) is 8.42 Å². The predicted octanol–water partition coefficient (Wildman–Crippen LogP) is 1.24. The Bertz CT molecular complexity index is 580. The van der Waals surface area contributed by atoms with Crippen molar-refractivity contribution in [3.8, 4) is 11.5 Å². The Morgan fingerprint density at radius 1 is 1.47 bits per heavy atom. The molecule has 0 saturated carbocycles. The lowest BCUT2D eigenvalue weighted by molar-refractivity contribution is 0.307. The van der Waals surface area contributed by atoms with Gasteiger partial charge in [-0.1, -0.05) is 0 Å². The molecule has 6 heteroatoms. The van der Waals surface area contributed by atoms with Crippen molar-refractivity contribution in [3.05, 3.63) is 23.8 Å². The maximum Gasteiger partial charge on any atom is 0.153 e. The number of benzene rings is 1. The number of nitrogens with one attached hydrogen (secondary N) is 1. The van der Waals surface area contributed by atoms with E-state index >= 15 is 0 Å². The highest BCUT2D eigenvalue weighted by Crippen LogP contribution is 2.35. The van der Waals surface area contributed by atoms with E-state index in [4.69, 9.17) is 4.74 Å². The highest BCUT2D eigenvalue weighted by molar-refractivity contribution is 7.92. The molecular weight excluding hydrogens is 266 g/mol. The summed E-state index contributed by atoms with van der Waals surface area (Å²) in [6.45, 7) is 4.19. The summed E-state index contributed by atoms with van der Waals surface area (Å²) >= 11 is 0. The molecule has 0 aliphatic carbocycles. The second-order valence-corrected chi connectivity index (χ2v) is 8.15. The summed E-state index contributed by atoms with van der Waals surface area (Å²) in [6.07, 6.45) is 1.24. The minimum absolute atomic E-state index is 0.0448. The summed E-state index contributed by atoms with van der Waals surface area (Å²) in [6, 6.07) is 4.92. The second kappa shape index (κ2) is 4.68. The Hall–Kier alpha value is -1.27. The van der Waals surface area contributed by atoms with Crippen LogP contribution in [0.4, 0.5) is 0 Å². The van der Waals surface area contributed by atoms with Crippen molar-refractivity contribution in [3.63, 3.8) is 0 Å². The average molecular weight is 285 g/mol. The zero-order valence-electron chi connectivity index (χ0n) is 11.3. The van der Waals surface area contributed by atoms with E-state index in [-0.39, 0.29) is 11.8 Å². The van der Waals surface area contributed by atoms with Crippen LogP contribution in [0.25, 0.3) is 0 Å². The number of aromatic hydroxyl groups is 1. The van der Waals surface area contributed by atoms with Gasteiger partial charge >= 0.3 is 0 Å². The smallest absolute Gasteiger partial charge is 0.153 e. The third-order valence-electron chi connectivity index (χ3n) is 3.56. The van der Waals surface area contributed by atoms with Crippen LogP contribution in [0, 0.1) is 0 Å². The van der Waals surface area contributed by atoms with E-state index in [2.05, 4.69) is 5.32 Å². The van der Waals surface area contributed by atoms with E-state index in [0.717, 1.165) is 5.56 Å². The molecule has 5 nitrogen and oxygen atoms in total. The summed E-state index contributed by atoms with van der Waals surface area (Å²) < 4.78 is 27.9. The highest BCUT2D eigenvalue weighted by atomic mass is 32.2. The maximum atomic E-state index is 11.6. The number of sulfone groups is 1. The van der Waals surface area contributed by atoms with Gasteiger partial charge in [0, 0.05) is 24.4 Å². The van der Waals surface area contributed by atoms with E-state index < -0.39 is 14.6 Å². The van der Waals surface area contributed by atoms with Gasteiger partial charge in [-0.3, -0.25) is 0 Å². The molecule has 1 aliphatic heterocycles. The molecule has 0 fully saturated rings. The molecular formula is C13H19NO4S. The quantitative estimate of drug-likeness (QED) is 0.870. The number of hydrogen-bond acceptors (Lipinski definition) is 5. The molecule has 1 atom stereocenters. The van der Waals surface area contributed by atoms with Gasteiger partial charge in [-0.15, -0.1) is 0 Å². The monoisotopic (exact) mass is 285 g/mol. The zero-order chi connectivity index (χ0) is 14.3. The van der Waals surface area contributed by atoms with E-state index in [1.165, 1.54) is 6.26 Å². The van der Waals surface area contributed by atoms with Crippen LogP contribution in [-0.4, -0.2) is 37.7 Å². The van der Waals surface area contributed by atoms with Crippen molar-refractivity contribution < 1.29 is 18.3 Å². The van der Waals surface area contributed by atoms with Crippen LogP contribution in [0.1, 0.15) is 25.5 Å². The lowest BCUT2D eigenvalue weighted by Crippen LogP contribution is -2.43. The molecule has 1 heterocycles. The van der Waals surface area contributed by atoms with Crippen LogP contribution in [0.3, 0.4) is 0 Å². The number of ether oxygens (including phenoxy) is 1. The third kappa shape index (κ3) is 2.84. The summed E-state index contributed by atoms with van der Waals surface area (Å²) in [5.74, 6) is 0.811. The third-order valence-corrected chi connectivity index (χ3v) is 5.71. The van der Waals surface area contributed by atoms with Crippen molar-refractivity contribution in [1.29, 1.82) is 0 Å². The second-order valence-electron chi connectivity index (χ2n) is 5.50. The molecule has 0 saturated heterocycles. The van der Waals surface area contributed by atoms with E-state index in [9.17, 15) is 13.5 Å². The van der Waals surface area contributed by atoms with Crippen LogP contribution in [0.2, 0.25) is 0 Å². The first-order valence-corrected chi connectivity index (χ1v) is 7.98. The van der Waals surface area contributed by atoms with E-state index in [0.29, 0.717) is 18.9 Å². The summed E-state index contributed by atoms with van der Waals surface area (Å²) in [5, 5.41) is 12.6. The number of rotatable bonds is 4. The SMILES string of the molecule is CC(C)(CNC1COc2cc(O)ccc21)S(C)(=O)=O. The van der Waals surface area contributed by atoms with Gasteiger partial charge in [0.2, 0.25) is 0 Å². The summed E-state index contributed by atoms with van der Waals surface area (Å²) in [4.78, 5) is 0. The molecule has 106 valence electrons. The van der Waals surface area contributed by atoms with Crippen LogP contribution in [0.5, 0.6) is 11.5 Å². The van der Waals surface area contributed by atoms with E-state index in [1.807, 2.05) is 0 Å². The molecule has 0 amide bonds. The lowest BCUT2D eigenvalue weighted by Gasteiger charge is -2.24. The molecule has 0 spiro atoms. The molecule has 1 unspecified atom stereocenters. The van der Waals surface area contributed by atoms with E-state index in [1.54, 1.807) is 32.0 Å². The van der Waals surface area contributed by atoms with Gasteiger partial charge in [-0.2, -0.15) is 0 Å². The Morgan fingerprint density at radius 2 is 2.16 bits per heavy atom. The molecule has 1 aromatic rings. The van der Waals surface area contributed by atoms with Gasteiger partial charge in [0.25, 0.3) is 0 Å². The van der Waals surface area contributed by atoms with Crippen LogP contribution >= 0.6 is 0 Å². The Labute approximate surface area is 113 Å². The normalized spacial score (nSPS) is 19.0. The van der Waals surface area contributed by atoms with Crippen molar-refractivity contribution in [2.75, 3.05) is 19.4 Å². The van der Waals surface area contributed by atoms with Crippen molar-refractivity contribution in [2.24, 2.45) is 0 Å². The molecule has 0 bridgehead atoms. The fourth-order valence-electron chi connectivity index (χ4n) is 1.87. The van der Waals surface area contributed by atoms with Gasteiger partial charge < -0.3 is 15.2 Å². The molecule has 2 rings (SSSR count). The first-order chi connectivity index (χ1) is 8.71. The molecule has 1 aliphatic rings. The highest BCUT2D eigenvalue weighted by Gasteiger charge is 2.32. The fourth-order valence-corrected chi connectivity index (χ4v) is 2.21. The minimum Gasteiger partial charge on any atom is -0.508 e. The van der Waals surface area contributed by atoms with Crippen LogP contribution in [-0.2, 0) is 9.84 Å². The van der Waals surface area contributed by atoms with Crippen molar-refractivity contribution in [1.82, 2.24) is 5.32 Å². The lowest BCUT2D eigenvalue weighted by atomic mass is 10.1. The van der Waals surface area contributed by atoms with Crippen LogP contribution in [0.15, 0.2) is 18.2 Å². The van der Waals surface area contributed by atoms with Gasteiger partial charge in [-0.05, 0) is 26.0 Å². The first-order valence-electron chi connectivity index (χ1n) is 6.09. The van der Waals surface area contributed by atoms with Gasteiger partial charge in [0.1, 0.15) is 18.1 Å². The zero-order valence-corrected chi connectivity index (χ0v) is 12.1. The average Bonchev–Trinajstić information content (AvgIpc) is 2.67. The molecule has 1 aromatic carbocycles. The summed E-state index contributed by atoms with van der Waals surface area (Å²) in [5.41, 5.74) is 0.946. The number of phenolic OH excluding ortho intramolecular Hbond substituents is 1. The first kappa shape index (κ1) is 14.1. The topological polar surface area (TPSA) is 75.6 Å². The maximum absolute atomic E-state index is 11.6. The van der Waals surface area contributed by atoms with Crippen molar-refractivity contribution >= 4 is 9.84 Å². The molecule has 2 N–H and O–H groups in total. The standard InChI is InChI=1S/C13H19NO4S/c1-13(2,19(3,16)17)8-14-11-7-18-12-6-9(15)4-5-10(11)12/h4-6,11,14-15H,7-8H2,1-3H3. The minimum atomic E-state index is -3.12. The van der Waals surface area contributed by atoms with Crippen molar-refractivity contribution in [2.45, 2.75) is 24.6 Å². The molecule has 19 heavy (non-hydrogen) atoms. The Morgan fingerprint density at radius 3 is 2.79 bits per heavy atom. The van der Waals surface area contributed by atoms with Crippen LogP contribution < -0.4 is 10.1 Å². The molecule has 0 aromatic heterocycles. The number of fused-ring (bicyclic) bond motifs is 1. The Balaban J connectivity index is 2.08. The van der Waals surface area contributed by atoms with Gasteiger partial charge in [0.05, 0.1) is 10.8 Å². The number of hydrogen-bond donors (Lipinski definition) is 2. The summed E-state index contributed by atoms with van der Waals surface area (Å²) in [7, 11) is -3.12. The largest absolute Gasteiger partial charge is 0.508 e. The Kier molecular flexibility index (Phi) is 3.49. The number of phenols is 1. The predicted molar refractivity (Wildman–Crippen MR) is 73.3 cm³/mol. The van der Waals surface area contributed by atoms with Gasteiger partial charge in [0.15, 0.2) is 9.84 Å². The molecule has 0 radical (unpaired) electrons. The fraction of sp³-hybridized carbons (Fsp3) is 0.538.